The number of alkyl halides is 2. The van der Waals surface area contributed by atoms with E-state index in [4.69, 9.17) is 23.2 Å². The minimum absolute atomic E-state index is 0.147. The molecule has 1 N–H and O–H groups in total. The molecule has 2 fully saturated rings. The highest BCUT2D eigenvalue weighted by Gasteiger charge is 2.62. The molecule has 2 rings (SSSR count). The van der Waals surface area contributed by atoms with Crippen molar-refractivity contribution in [3.05, 3.63) is 0 Å². The molecule has 1 aliphatic heterocycles. The fraction of sp³-hybridized carbons (Fsp3) is 0.833. The van der Waals surface area contributed by atoms with Crippen molar-refractivity contribution in [3.8, 4) is 11.8 Å². The van der Waals surface area contributed by atoms with Crippen molar-refractivity contribution < 1.29 is 4.90 Å². The minimum Gasteiger partial charge on any atom is -0.325 e. The second kappa shape index (κ2) is 4.17. The summed E-state index contributed by atoms with van der Waals surface area (Å²) in [6.45, 7) is 5.56. The lowest BCUT2D eigenvalue weighted by atomic mass is 10.1. The fourth-order valence-electron chi connectivity index (χ4n) is 2.13. The van der Waals surface area contributed by atoms with E-state index in [1.165, 1.54) is 32.4 Å². The monoisotopic (exact) mass is 246 g/mol. The number of halogens is 2. The predicted octanol–water partition coefficient (Wildman–Crippen LogP) is 1.64. The van der Waals surface area contributed by atoms with Gasteiger partial charge in [0, 0.05) is 6.42 Å². The van der Waals surface area contributed by atoms with Crippen molar-refractivity contribution >= 4 is 23.2 Å². The van der Waals surface area contributed by atoms with Crippen LogP contribution in [0.4, 0.5) is 0 Å². The molecule has 0 aromatic carbocycles. The first-order valence-corrected chi connectivity index (χ1v) is 6.51. The molecule has 0 aromatic rings. The molecule has 3 heteroatoms. The molecule has 1 saturated carbocycles. The van der Waals surface area contributed by atoms with Gasteiger partial charge in [-0.05, 0) is 32.1 Å². The summed E-state index contributed by atoms with van der Waals surface area (Å²) in [5, 5.41) is 0. The van der Waals surface area contributed by atoms with E-state index in [1.54, 1.807) is 4.90 Å². The molecule has 2 aliphatic rings. The van der Waals surface area contributed by atoms with Gasteiger partial charge in [0.05, 0.1) is 18.5 Å². The van der Waals surface area contributed by atoms with Gasteiger partial charge in [-0.25, -0.2) is 0 Å². The molecule has 1 nitrogen and oxygen atoms in total. The third-order valence-corrected chi connectivity index (χ3v) is 4.62. The Balaban J connectivity index is 1.80. The summed E-state index contributed by atoms with van der Waals surface area (Å²) in [5.74, 6) is 6.49. The Labute approximate surface area is 102 Å². The van der Waals surface area contributed by atoms with Gasteiger partial charge in [-0.3, -0.25) is 0 Å². The standard InChI is InChI=1S/C12H17Cl2N/c1-11(10-12(11,13)14)6-5-9-15-7-3-2-4-8-15/h2-4,7-10H2,1H3/p+1/t11-/m0/s1. The average molecular weight is 247 g/mol. The Kier molecular flexibility index (Phi) is 3.22. The summed E-state index contributed by atoms with van der Waals surface area (Å²) in [5.41, 5.74) is -0.147. The summed E-state index contributed by atoms with van der Waals surface area (Å²) in [4.78, 5) is 1.62. The van der Waals surface area contributed by atoms with Crippen LogP contribution in [0.25, 0.3) is 0 Å². The van der Waals surface area contributed by atoms with Crippen LogP contribution < -0.4 is 4.90 Å². The average Bonchev–Trinajstić information content (AvgIpc) is 2.67. The molecule has 1 heterocycles. The Hall–Kier alpha value is 0.100. The van der Waals surface area contributed by atoms with Gasteiger partial charge in [0.2, 0.25) is 0 Å². The quantitative estimate of drug-likeness (QED) is 0.530. The molecule has 84 valence electrons. The maximum atomic E-state index is 6.03. The Morgan fingerprint density at radius 3 is 2.33 bits per heavy atom. The number of quaternary nitrogens is 1. The van der Waals surface area contributed by atoms with E-state index < -0.39 is 4.33 Å². The third-order valence-electron chi connectivity index (χ3n) is 3.52. The highest BCUT2D eigenvalue weighted by Crippen LogP contribution is 2.63. The smallest absolute Gasteiger partial charge is 0.139 e. The van der Waals surface area contributed by atoms with Gasteiger partial charge in [-0.2, -0.15) is 0 Å². The minimum atomic E-state index is -0.586. The maximum absolute atomic E-state index is 6.03. The molecule has 1 saturated heterocycles. The zero-order chi connectivity index (χ0) is 10.9. The van der Waals surface area contributed by atoms with Crippen molar-refractivity contribution in [1.29, 1.82) is 0 Å². The van der Waals surface area contributed by atoms with Crippen molar-refractivity contribution in [2.45, 2.75) is 36.9 Å². The van der Waals surface area contributed by atoms with Gasteiger partial charge in [-0.1, -0.05) is 29.1 Å². The lowest BCUT2D eigenvalue weighted by Gasteiger charge is -2.21. The molecule has 1 aliphatic carbocycles. The number of likely N-dealkylation sites (tertiary alicyclic amines) is 1. The van der Waals surface area contributed by atoms with Crippen LogP contribution in [0, 0.1) is 17.3 Å². The lowest BCUT2D eigenvalue weighted by Crippen LogP contribution is -3.12. The van der Waals surface area contributed by atoms with Crippen molar-refractivity contribution in [2.75, 3.05) is 19.6 Å². The zero-order valence-corrected chi connectivity index (χ0v) is 10.7. The van der Waals surface area contributed by atoms with Crippen molar-refractivity contribution in [2.24, 2.45) is 5.41 Å². The second-order valence-electron chi connectivity index (χ2n) is 5.00. The Bertz CT molecular complexity index is 296. The van der Waals surface area contributed by atoms with Gasteiger partial charge in [0.25, 0.3) is 0 Å². The molecular weight excluding hydrogens is 229 g/mol. The van der Waals surface area contributed by atoms with Crippen LogP contribution in [0.3, 0.4) is 0 Å². The third kappa shape index (κ3) is 2.61. The van der Waals surface area contributed by atoms with E-state index in [-0.39, 0.29) is 5.41 Å². The van der Waals surface area contributed by atoms with Crippen molar-refractivity contribution in [1.82, 2.24) is 0 Å². The number of nitrogens with one attached hydrogen (secondary N) is 1. The number of hydrogen-bond donors (Lipinski definition) is 1. The van der Waals surface area contributed by atoms with Gasteiger partial charge in [-0.15, -0.1) is 0 Å². The highest BCUT2D eigenvalue weighted by molar-refractivity contribution is 6.51. The Morgan fingerprint density at radius 1 is 1.20 bits per heavy atom. The van der Waals surface area contributed by atoms with Gasteiger partial charge in [0.15, 0.2) is 0 Å². The first-order chi connectivity index (χ1) is 7.04. The first-order valence-electron chi connectivity index (χ1n) is 5.75. The normalized spacial score (nSPS) is 34.3. The van der Waals surface area contributed by atoms with Gasteiger partial charge in [0.1, 0.15) is 10.9 Å². The molecule has 0 spiro atoms. The maximum Gasteiger partial charge on any atom is 0.139 e. The highest BCUT2D eigenvalue weighted by atomic mass is 35.5. The Morgan fingerprint density at radius 2 is 1.80 bits per heavy atom. The van der Waals surface area contributed by atoms with E-state index in [2.05, 4.69) is 11.8 Å². The SMILES string of the molecule is C[C@]1(C#CC[NH+]2CCCCC2)CC1(Cl)Cl. The first kappa shape index (κ1) is 11.6. The van der Waals surface area contributed by atoms with E-state index in [0.717, 1.165) is 13.0 Å². The van der Waals surface area contributed by atoms with E-state index in [0.29, 0.717) is 0 Å². The summed E-state index contributed by atoms with van der Waals surface area (Å²) < 4.78 is -0.586. The largest absolute Gasteiger partial charge is 0.325 e. The molecule has 1 atom stereocenters. The van der Waals surface area contributed by atoms with Crippen LogP contribution in [-0.2, 0) is 0 Å². The molecule has 0 unspecified atom stereocenters. The van der Waals surface area contributed by atoms with Crippen LogP contribution in [-0.4, -0.2) is 24.0 Å². The fourth-order valence-corrected chi connectivity index (χ4v) is 2.76. The van der Waals surface area contributed by atoms with Gasteiger partial charge >= 0.3 is 0 Å². The predicted molar refractivity (Wildman–Crippen MR) is 64.4 cm³/mol. The van der Waals surface area contributed by atoms with Crippen LogP contribution in [0.5, 0.6) is 0 Å². The van der Waals surface area contributed by atoms with Crippen LogP contribution >= 0.6 is 23.2 Å². The summed E-state index contributed by atoms with van der Waals surface area (Å²) >= 11 is 12.1. The van der Waals surface area contributed by atoms with Crippen LogP contribution in [0.2, 0.25) is 0 Å². The summed E-state index contributed by atoms with van der Waals surface area (Å²) in [7, 11) is 0. The number of hydrogen-bond acceptors (Lipinski definition) is 0. The van der Waals surface area contributed by atoms with E-state index >= 15 is 0 Å². The summed E-state index contributed by atoms with van der Waals surface area (Å²) in [6.07, 6.45) is 4.90. The van der Waals surface area contributed by atoms with Crippen molar-refractivity contribution in [3.63, 3.8) is 0 Å². The molecular formula is C12H18Cl2N+. The topological polar surface area (TPSA) is 4.44 Å². The second-order valence-corrected chi connectivity index (χ2v) is 6.49. The van der Waals surface area contributed by atoms with E-state index in [9.17, 15) is 0 Å². The molecule has 0 amide bonds. The summed E-state index contributed by atoms with van der Waals surface area (Å²) in [6, 6.07) is 0. The van der Waals surface area contributed by atoms with E-state index in [1.807, 2.05) is 6.92 Å². The molecule has 15 heavy (non-hydrogen) atoms. The van der Waals surface area contributed by atoms with Crippen LogP contribution in [0.1, 0.15) is 32.6 Å². The van der Waals surface area contributed by atoms with Crippen LogP contribution in [0.15, 0.2) is 0 Å². The lowest BCUT2D eigenvalue weighted by molar-refractivity contribution is -0.897. The van der Waals surface area contributed by atoms with Gasteiger partial charge < -0.3 is 4.90 Å². The molecule has 0 aromatic heterocycles. The number of rotatable bonds is 1. The molecule has 0 bridgehead atoms. The zero-order valence-electron chi connectivity index (χ0n) is 9.21. The number of piperidine rings is 1. The molecule has 0 radical (unpaired) electrons.